The Balaban J connectivity index is 0.950. The molecule has 4 fully saturated rings. The molecule has 9 aromatic rings. The molecule has 1 aromatic heterocycles. The van der Waals surface area contributed by atoms with Crippen LogP contribution in [0.3, 0.4) is 0 Å². The quantitative estimate of drug-likeness (QED) is 0.158. The molecule has 0 saturated heterocycles. The predicted octanol–water partition coefficient (Wildman–Crippen LogP) is 15.2. The second-order valence-electron chi connectivity index (χ2n) is 17.7. The van der Waals surface area contributed by atoms with Crippen molar-refractivity contribution >= 4 is 49.6 Å². The van der Waals surface area contributed by atoms with Gasteiger partial charge in [0.05, 0.1) is 11.0 Å². The Morgan fingerprint density at radius 1 is 0.397 bits per heavy atom. The van der Waals surface area contributed by atoms with Gasteiger partial charge in [-0.2, -0.15) is 0 Å². The van der Waals surface area contributed by atoms with Crippen molar-refractivity contribution in [2.75, 3.05) is 4.90 Å². The summed E-state index contributed by atoms with van der Waals surface area (Å²) in [5, 5.41) is 5.10. The van der Waals surface area contributed by atoms with Gasteiger partial charge in [0.2, 0.25) is 0 Å². The van der Waals surface area contributed by atoms with Crippen molar-refractivity contribution in [1.29, 1.82) is 0 Å². The molecule has 0 radical (unpaired) electrons. The summed E-state index contributed by atoms with van der Waals surface area (Å²) in [7, 11) is 0. The Hall–Kier alpha value is -6.38. The van der Waals surface area contributed by atoms with E-state index in [9.17, 15) is 0 Å². The van der Waals surface area contributed by atoms with Crippen LogP contribution in [0.1, 0.15) is 44.1 Å². The van der Waals surface area contributed by atoms with Crippen LogP contribution in [0.2, 0.25) is 0 Å². The van der Waals surface area contributed by atoms with Crippen LogP contribution < -0.4 is 4.90 Å². The van der Waals surface area contributed by atoms with E-state index in [4.69, 9.17) is 0 Å². The third-order valence-corrected chi connectivity index (χ3v) is 14.1. The van der Waals surface area contributed by atoms with E-state index in [0.717, 1.165) is 17.8 Å². The second kappa shape index (κ2) is 13.4. The smallest absolute Gasteiger partial charge is 0.0541 e. The minimum atomic E-state index is 0.328. The fourth-order valence-corrected chi connectivity index (χ4v) is 11.9. The van der Waals surface area contributed by atoms with Gasteiger partial charge in [0.1, 0.15) is 0 Å². The van der Waals surface area contributed by atoms with E-state index in [1.54, 1.807) is 5.56 Å². The molecule has 0 atom stereocenters. The minimum Gasteiger partial charge on any atom is -0.310 e. The molecule has 1 heterocycles. The average molecular weight is 747 g/mol. The highest BCUT2D eigenvalue weighted by Crippen LogP contribution is 2.61. The van der Waals surface area contributed by atoms with E-state index < -0.39 is 0 Å². The molecule has 0 unspecified atom stereocenters. The van der Waals surface area contributed by atoms with Gasteiger partial charge in [-0.05, 0) is 167 Å². The Morgan fingerprint density at radius 2 is 0.948 bits per heavy atom. The first-order valence-electron chi connectivity index (χ1n) is 21.3. The van der Waals surface area contributed by atoms with Crippen LogP contribution >= 0.6 is 0 Å². The fraction of sp³-hybridized carbons (Fsp3) is 0.179. The monoisotopic (exact) mass is 746 g/mol. The normalized spacial score (nSPS) is 20.9. The Bertz CT molecular complexity index is 2910. The summed E-state index contributed by atoms with van der Waals surface area (Å²) in [5.41, 5.74) is 14.0. The van der Waals surface area contributed by atoms with Crippen molar-refractivity contribution in [1.82, 2.24) is 4.57 Å². The first-order valence-corrected chi connectivity index (χ1v) is 21.3. The molecule has 4 bridgehead atoms. The van der Waals surface area contributed by atoms with Gasteiger partial charge in [-0.15, -0.1) is 0 Å². The molecule has 4 aliphatic carbocycles. The number of anilines is 3. The van der Waals surface area contributed by atoms with Crippen LogP contribution in [0.4, 0.5) is 17.1 Å². The molecule has 2 nitrogen and oxygen atoms in total. The van der Waals surface area contributed by atoms with E-state index in [1.807, 2.05) is 0 Å². The minimum absolute atomic E-state index is 0.328. The molecular formula is C56H46N2. The summed E-state index contributed by atoms with van der Waals surface area (Å²) in [6.45, 7) is 0. The highest BCUT2D eigenvalue weighted by Gasteiger charge is 2.51. The van der Waals surface area contributed by atoms with Gasteiger partial charge in [-0.1, -0.05) is 121 Å². The number of benzene rings is 8. The molecule has 58 heavy (non-hydrogen) atoms. The van der Waals surface area contributed by atoms with Crippen LogP contribution in [0.5, 0.6) is 0 Å². The lowest BCUT2D eigenvalue weighted by molar-refractivity contribution is -0.00516. The zero-order chi connectivity index (χ0) is 38.2. The van der Waals surface area contributed by atoms with Gasteiger partial charge < -0.3 is 9.47 Å². The zero-order valence-corrected chi connectivity index (χ0v) is 32.8. The Kier molecular flexibility index (Phi) is 7.76. The highest BCUT2D eigenvalue weighted by atomic mass is 15.1. The number of rotatable bonds is 7. The molecule has 0 N–H and O–H groups in total. The molecule has 13 rings (SSSR count). The van der Waals surface area contributed by atoms with Gasteiger partial charge in [0, 0.05) is 33.5 Å². The van der Waals surface area contributed by atoms with Crippen LogP contribution in [-0.2, 0) is 5.41 Å². The lowest BCUT2D eigenvalue weighted by Crippen LogP contribution is -2.48. The summed E-state index contributed by atoms with van der Waals surface area (Å²) in [6.07, 6.45) is 8.47. The van der Waals surface area contributed by atoms with Crippen LogP contribution in [-0.4, -0.2) is 4.57 Å². The van der Waals surface area contributed by atoms with Crippen molar-refractivity contribution in [3.8, 4) is 27.9 Å². The van der Waals surface area contributed by atoms with Gasteiger partial charge in [0.25, 0.3) is 0 Å². The Labute approximate surface area is 341 Å². The summed E-state index contributed by atoms with van der Waals surface area (Å²) in [4.78, 5) is 2.49. The van der Waals surface area contributed by atoms with E-state index in [0.29, 0.717) is 5.41 Å². The topological polar surface area (TPSA) is 8.17 Å². The molecule has 2 heteroatoms. The van der Waals surface area contributed by atoms with Crippen LogP contribution in [0, 0.1) is 17.8 Å². The van der Waals surface area contributed by atoms with Crippen molar-refractivity contribution in [3.63, 3.8) is 0 Å². The SMILES string of the molecule is c1cc(-c2ccc3ccccc3c2)cc(N(c2ccc(-c3cccc(-n4c5ccccc5c5ccccc54)c3)cc2)c2cccc(C34CC5C[C@H](C3)C[C@H](C5)C4)c2)c1. The third kappa shape index (κ3) is 5.61. The summed E-state index contributed by atoms with van der Waals surface area (Å²) < 4.78 is 2.41. The van der Waals surface area contributed by atoms with Crippen molar-refractivity contribution < 1.29 is 0 Å². The number of para-hydroxylation sites is 2. The predicted molar refractivity (Wildman–Crippen MR) is 244 cm³/mol. The van der Waals surface area contributed by atoms with E-state index in [-0.39, 0.29) is 0 Å². The number of nitrogens with zero attached hydrogens (tertiary/aromatic N) is 2. The average Bonchev–Trinajstić information content (AvgIpc) is 3.61. The highest BCUT2D eigenvalue weighted by molar-refractivity contribution is 6.09. The number of hydrogen-bond donors (Lipinski definition) is 0. The number of fused-ring (bicyclic) bond motifs is 4. The Morgan fingerprint density at radius 3 is 1.66 bits per heavy atom. The lowest BCUT2D eigenvalue weighted by atomic mass is 9.48. The van der Waals surface area contributed by atoms with E-state index >= 15 is 0 Å². The van der Waals surface area contributed by atoms with Crippen molar-refractivity contribution in [2.24, 2.45) is 17.8 Å². The second-order valence-corrected chi connectivity index (χ2v) is 17.7. The van der Waals surface area contributed by atoms with Crippen molar-refractivity contribution in [3.05, 3.63) is 194 Å². The maximum absolute atomic E-state index is 2.55. The molecule has 0 amide bonds. The maximum atomic E-state index is 2.55. The van der Waals surface area contributed by atoms with Gasteiger partial charge >= 0.3 is 0 Å². The zero-order valence-electron chi connectivity index (χ0n) is 32.8. The molecule has 8 aromatic carbocycles. The molecule has 280 valence electrons. The summed E-state index contributed by atoms with van der Waals surface area (Å²) in [6, 6.07) is 70.1. The van der Waals surface area contributed by atoms with Gasteiger partial charge in [-0.3, -0.25) is 0 Å². The van der Waals surface area contributed by atoms with Crippen LogP contribution in [0.15, 0.2) is 188 Å². The first-order chi connectivity index (χ1) is 28.6. The molecule has 0 aliphatic heterocycles. The third-order valence-electron chi connectivity index (χ3n) is 14.1. The lowest BCUT2D eigenvalue weighted by Gasteiger charge is -2.57. The molecule has 4 saturated carbocycles. The van der Waals surface area contributed by atoms with E-state index in [2.05, 4.69) is 198 Å². The van der Waals surface area contributed by atoms with Crippen molar-refractivity contribution in [2.45, 2.75) is 43.9 Å². The molecule has 4 aliphatic rings. The largest absolute Gasteiger partial charge is 0.310 e. The standard InChI is InChI=1S/C56H46N2/c1-2-11-43-31-46(23-22-41(43)10-1)45-13-8-15-49(33-45)57(51-17-9-14-47(34-51)56-35-38-28-39(36-56)30-40(29-38)37-56)48-26-24-42(25-27-48)44-12-7-16-50(32-44)58-54-20-5-3-18-52(54)53-19-4-6-21-55(53)58/h1-27,31-34,38-40H,28-30,35-37H2/t38-,39-,40?,56?/m1/s1. The van der Waals surface area contributed by atoms with Gasteiger partial charge in [-0.25, -0.2) is 0 Å². The summed E-state index contributed by atoms with van der Waals surface area (Å²) >= 11 is 0. The number of hydrogen-bond acceptors (Lipinski definition) is 1. The maximum Gasteiger partial charge on any atom is 0.0541 e. The van der Waals surface area contributed by atoms with E-state index in [1.165, 1.54) is 116 Å². The first kappa shape index (κ1) is 33.7. The van der Waals surface area contributed by atoms with Crippen LogP contribution in [0.25, 0.3) is 60.5 Å². The van der Waals surface area contributed by atoms with Gasteiger partial charge in [0.15, 0.2) is 0 Å². The molecular weight excluding hydrogens is 701 g/mol. The molecule has 0 spiro atoms. The fourth-order valence-electron chi connectivity index (χ4n) is 11.9. The number of aromatic nitrogens is 1. The summed E-state index contributed by atoms with van der Waals surface area (Å²) in [5.74, 6) is 2.72.